The Labute approximate surface area is 174 Å². The van der Waals surface area contributed by atoms with Crippen molar-refractivity contribution < 1.29 is 9.59 Å². The van der Waals surface area contributed by atoms with Gasteiger partial charge < -0.3 is 11.1 Å². The summed E-state index contributed by atoms with van der Waals surface area (Å²) in [7, 11) is 0. The van der Waals surface area contributed by atoms with Gasteiger partial charge in [-0.15, -0.1) is 0 Å². The summed E-state index contributed by atoms with van der Waals surface area (Å²) >= 11 is 0. The summed E-state index contributed by atoms with van der Waals surface area (Å²) in [5.41, 5.74) is 5.60. The lowest BCUT2D eigenvalue weighted by Crippen LogP contribution is -2.41. The summed E-state index contributed by atoms with van der Waals surface area (Å²) in [5.74, 6) is 0.217. The van der Waals surface area contributed by atoms with Crippen molar-refractivity contribution in [2.75, 3.05) is 6.54 Å². The van der Waals surface area contributed by atoms with E-state index in [1.807, 2.05) is 0 Å². The highest BCUT2D eigenvalue weighted by Crippen LogP contribution is 2.12. The standard InChI is InChI=1S/C24H48N2O2/c1-3-5-7-9-10-11-12-14-16-20-24(28)26-22(18-17-21-25)23(27)19-15-13-8-6-4-2/h22H,3-21,25H2,1-2H3,(H,26,28). The molecule has 0 rings (SSSR count). The van der Waals surface area contributed by atoms with Gasteiger partial charge in [-0.3, -0.25) is 9.59 Å². The molecule has 0 heterocycles. The minimum atomic E-state index is -0.333. The molecule has 0 saturated heterocycles. The van der Waals surface area contributed by atoms with E-state index in [9.17, 15) is 9.59 Å². The Kier molecular flexibility index (Phi) is 20.2. The zero-order valence-corrected chi connectivity index (χ0v) is 18.9. The monoisotopic (exact) mass is 396 g/mol. The largest absolute Gasteiger partial charge is 0.346 e. The van der Waals surface area contributed by atoms with E-state index in [4.69, 9.17) is 5.73 Å². The Bertz CT molecular complexity index is 372. The zero-order valence-electron chi connectivity index (χ0n) is 18.9. The van der Waals surface area contributed by atoms with E-state index in [1.165, 1.54) is 64.2 Å². The molecule has 0 aromatic rings. The summed E-state index contributed by atoms with van der Waals surface area (Å²) < 4.78 is 0. The van der Waals surface area contributed by atoms with E-state index < -0.39 is 0 Å². The molecule has 0 aromatic carbocycles. The highest BCUT2D eigenvalue weighted by molar-refractivity contribution is 5.88. The van der Waals surface area contributed by atoms with E-state index in [0.29, 0.717) is 25.8 Å². The molecule has 0 aliphatic heterocycles. The Hall–Kier alpha value is -0.900. The molecule has 0 aliphatic carbocycles. The van der Waals surface area contributed by atoms with Gasteiger partial charge >= 0.3 is 0 Å². The number of hydrogen-bond donors (Lipinski definition) is 2. The normalized spacial score (nSPS) is 12.1. The van der Waals surface area contributed by atoms with Crippen LogP contribution >= 0.6 is 0 Å². The summed E-state index contributed by atoms with van der Waals surface area (Å²) in [6.07, 6.45) is 19.5. The molecule has 0 aliphatic rings. The van der Waals surface area contributed by atoms with Crippen molar-refractivity contribution >= 4 is 11.7 Å². The van der Waals surface area contributed by atoms with Gasteiger partial charge in [0.05, 0.1) is 6.04 Å². The molecule has 4 nitrogen and oxygen atoms in total. The van der Waals surface area contributed by atoms with Gasteiger partial charge in [-0.05, 0) is 32.2 Å². The Morgan fingerprint density at radius 2 is 1.14 bits per heavy atom. The van der Waals surface area contributed by atoms with E-state index >= 15 is 0 Å². The van der Waals surface area contributed by atoms with Crippen LogP contribution in [0, 0.1) is 0 Å². The van der Waals surface area contributed by atoms with Crippen LogP contribution in [0.4, 0.5) is 0 Å². The van der Waals surface area contributed by atoms with Crippen LogP contribution in [-0.4, -0.2) is 24.3 Å². The van der Waals surface area contributed by atoms with E-state index in [2.05, 4.69) is 19.2 Å². The first-order chi connectivity index (χ1) is 13.7. The van der Waals surface area contributed by atoms with Gasteiger partial charge in [0.25, 0.3) is 0 Å². The zero-order chi connectivity index (χ0) is 20.9. The van der Waals surface area contributed by atoms with Gasteiger partial charge in [0.15, 0.2) is 5.78 Å². The molecule has 1 atom stereocenters. The van der Waals surface area contributed by atoms with E-state index in [0.717, 1.165) is 32.1 Å². The molecular weight excluding hydrogens is 348 g/mol. The van der Waals surface area contributed by atoms with Gasteiger partial charge in [0, 0.05) is 12.8 Å². The molecule has 1 amide bonds. The van der Waals surface area contributed by atoms with Crippen LogP contribution in [0.3, 0.4) is 0 Å². The van der Waals surface area contributed by atoms with Crippen LogP contribution in [0.15, 0.2) is 0 Å². The average molecular weight is 397 g/mol. The van der Waals surface area contributed by atoms with Crippen molar-refractivity contribution in [2.24, 2.45) is 5.73 Å². The number of carbonyl (C=O) groups excluding carboxylic acids is 2. The molecule has 0 bridgehead atoms. The first kappa shape index (κ1) is 27.1. The second-order valence-electron chi connectivity index (χ2n) is 8.26. The molecule has 4 heteroatoms. The predicted molar refractivity (Wildman–Crippen MR) is 120 cm³/mol. The number of Topliss-reactive ketones (excluding diaryl/α,β-unsaturated/α-hetero) is 1. The molecule has 0 saturated carbocycles. The topological polar surface area (TPSA) is 72.2 Å². The lowest BCUT2D eigenvalue weighted by Gasteiger charge is -2.17. The molecule has 3 N–H and O–H groups in total. The summed E-state index contributed by atoms with van der Waals surface area (Å²) in [6.45, 7) is 5.00. The molecule has 1 unspecified atom stereocenters. The number of rotatable bonds is 21. The second-order valence-corrected chi connectivity index (χ2v) is 8.26. The highest BCUT2D eigenvalue weighted by Gasteiger charge is 2.19. The lowest BCUT2D eigenvalue weighted by molar-refractivity contribution is -0.128. The fourth-order valence-corrected chi connectivity index (χ4v) is 3.58. The maximum Gasteiger partial charge on any atom is 0.220 e. The van der Waals surface area contributed by atoms with E-state index in [-0.39, 0.29) is 17.7 Å². The maximum absolute atomic E-state index is 12.5. The molecule has 0 spiro atoms. The van der Waals surface area contributed by atoms with Crippen LogP contribution in [0.2, 0.25) is 0 Å². The van der Waals surface area contributed by atoms with Crippen molar-refractivity contribution in [2.45, 2.75) is 135 Å². The highest BCUT2D eigenvalue weighted by atomic mass is 16.2. The number of nitrogens with one attached hydrogen (secondary N) is 1. The predicted octanol–water partition coefficient (Wildman–Crippen LogP) is 6.06. The number of ketones is 1. The summed E-state index contributed by atoms with van der Waals surface area (Å²) in [5, 5.41) is 2.98. The van der Waals surface area contributed by atoms with Crippen LogP contribution in [0.25, 0.3) is 0 Å². The van der Waals surface area contributed by atoms with Gasteiger partial charge in [-0.25, -0.2) is 0 Å². The minimum Gasteiger partial charge on any atom is -0.346 e. The molecule has 0 aromatic heterocycles. The lowest BCUT2D eigenvalue weighted by atomic mass is 10.0. The number of nitrogens with two attached hydrogens (primary N) is 1. The van der Waals surface area contributed by atoms with Crippen LogP contribution in [-0.2, 0) is 9.59 Å². The van der Waals surface area contributed by atoms with Crippen molar-refractivity contribution in [3.05, 3.63) is 0 Å². The number of carbonyl (C=O) groups is 2. The van der Waals surface area contributed by atoms with Crippen LogP contribution in [0.1, 0.15) is 129 Å². The molecule has 166 valence electrons. The molecule has 28 heavy (non-hydrogen) atoms. The van der Waals surface area contributed by atoms with Crippen LogP contribution in [0.5, 0.6) is 0 Å². The fraction of sp³-hybridized carbons (Fsp3) is 0.917. The van der Waals surface area contributed by atoms with Gasteiger partial charge in [-0.1, -0.05) is 90.9 Å². The SMILES string of the molecule is CCCCCCCCCCCC(=O)NC(CCCN)C(=O)CCCCCCC. The third-order valence-electron chi connectivity index (χ3n) is 5.45. The maximum atomic E-state index is 12.5. The number of unbranched alkanes of at least 4 members (excludes halogenated alkanes) is 12. The van der Waals surface area contributed by atoms with Gasteiger partial charge in [-0.2, -0.15) is 0 Å². The summed E-state index contributed by atoms with van der Waals surface area (Å²) in [4.78, 5) is 24.7. The number of hydrogen-bond acceptors (Lipinski definition) is 3. The van der Waals surface area contributed by atoms with Gasteiger partial charge in [0.1, 0.15) is 0 Å². The van der Waals surface area contributed by atoms with Crippen molar-refractivity contribution in [1.82, 2.24) is 5.32 Å². The first-order valence-corrected chi connectivity index (χ1v) is 12.2. The van der Waals surface area contributed by atoms with Crippen molar-refractivity contribution in [3.63, 3.8) is 0 Å². The first-order valence-electron chi connectivity index (χ1n) is 12.2. The van der Waals surface area contributed by atoms with Crippen molar-refractivity contribution in [3.8, 4) is 0 Å². The third-order valence-corrected chi connectivity index (χ3v) is 5.45. The average Bonchev–Trinajstić information content (AvgIpc) is 2.69. The Balaban J connectivity index is 3.93. The Morgan fingerprint density at radius 3 is 1.64 bits per heavy atom. The Morgan fingerprint density at radius 1 is 0.679 bits per heavy atom. The fourth-order valence-electron chi connectivity index (χ4n) is 3.58. The number of amides is 1. The smallest absolute Gasteiger partial charge is 0.220 e. The van der Waals surface area contributed by atoms with Gasteiger partial charge in [0.2, 0.25) is 5.91 Å². The van der Waals surface area contributed by atoms with Crippen molar-refractivity contribution in [1.29, 1.82) is 0 Å². The molecular formula is C24H48N2O2. The minimum absolute atomic E-state index is 0.0318. The quantitative estimate of drug-likeness (QED) is 0.232. The molecule has 0 fully saturated rings. The van der Waals surface area contributed by atoms with Crippen LogP contribution < -0.4 is 11.1 Å². The second kappa shape index (κ2) is 20.8. The summed E-state index contributed by atoms with van der Waals surface area (Å²) in [6, 6.07) is -0.333. The third kappa shape index (κ3) is 17.2. The molecule has 0 radical (unpaired) electrons. The van der Waals surface area contributed by atoms with E-state index in [1.54, 1.807) is 0 Å².